The molecule has 0 radical (unpaired) electrons. The molecule has 0 atom stereocenters. The smallest absolute Gasteiger partial charge is 0.191 e. The highest BCUT2D eigenvalue weighted by Crippen LogP contribution is 2.27. The number of hydrogen-bond acceptors (Lipinski definition) is 6. The molecule has 6 nitrogen and oxygen atoms in total. The Labute approximate surface area is 145 Å². The SMILES string of the molecule is CC(C)(C)C1=CCC(OCCOCCOCCOCCO)=NC=C1. The Balaban J connectivity index is 2.01. The average Bonchev–Trinajstić information content (AvgIpc) is 2.78. The molecule has 1 aliphatic heterocycles. The van der Waals surface area contributed by atoms with Crippen molar-refractivity contribution in [3.8, 4) is 0 Å². The molecule has 1 rings (SSSR count). The Morgan fingerprint density at radius 3 is 2.12 bits per heavy atom. The number of aliphatic hydroxyl groups excluding tert-OH is 1. The van der Waals surface area contributed by atoms with Gasteiger partial charge in [-0.15, -0.1) is 0 Å². The molecule has 1 N–H and O–H groups in total. The van der Waals surface area contributed by atoms with Crippen LogP contribution in [0.3, 0.4) is 0 Å². The van der Waals surface area contributed by atoms with Crippen LogP contribution in [0, 0.1) is 5.41 Å². The fourth-order valence-corrected chi connectivity index (χ4v) is 2.00. The van der Waals surface area contributed by atoms with E-state index >= 15 is 0 Å². The van der Waals surface area contributed by atoms with E-state index in [-0.39, 0.29) is 12.0 Å². The number of aliphatic imine (C=N–C) groups is 1. The maximum absolute atomic E-state index is 8.53. The topological polar surface area (TPSA) is 69.5 Å². The lowest BCUT2D eigenvalue weighted by atomic mass is 9.86. The molecule has 0 spiro atoms. The molecule has 24 heavy (non-hydrogen) atoms. The zero-order valence-electron chi connectivity index (χ0n) is 15.1. The molecule has 6 heteroatoms. The number of rotatable bonds is 11. The summed E-state index contributed by atoms with van der Waals surface area (Å²) in [5.41, 5.74) is 1.38. The van der Waals surface area contributed by atoms with Gasteiger partial charge in [-0.05, 0) is 17.1 Å². The molecule has 138 valence electrons. The van der Waals surface area contributed by atoms with Crippen molar-refractivity contribution >= 4 is 5.90 Å². The lowest BCUT2D eigenvalue weighted by Gasteiger charge is -2.19. The van der Waals surface area contributed by atoms with Crippen LogP contribution in [-0.2, 0) is 18.9 Å². The zero-order valence-corrected chi connectivity index (χ0v) is 15.1. The van der Waals surface area contributed by atoms with E-state index in [1.54, 1.807) is 6.20 Å². The van der Waals surface area contributed by atoms with Gasteiger partial charge in [0.05, 0.1) is 46.2 Å². The minimum Gasteiger partial charge on any atom is -0.478 e. The van der Waals surface area contributed by atoms with E-state index in [1.807, 2.05) is 6.08 Å². The summed E-state index contributed by atoms with van der Waals surface area (Å²) in [4.78, 5) is 4.32. The molecular weight excluding hydrogens is 310 g/mol. The molecule has 0 aliphatic carbocycles. The van der Waals surface area contributed by atoms with Crippen molar-refractivity contribution in [2.24, 2.45) is 10.4 Å². The van der Waals surface area contributed by atoms with Gasteiger partial charge >= 0.3 is 0 Å². The summed E-state index contributed by atoms with van der Waals surface area (Å²) in [6, 6.07) is 0. The Morgan fingerprint density at radius 2 is 1.54 bits per heavy atom. The maximum Gasteiger partial charge on any atom is 0.191 e. The van der Waals surface area contributed by atoms with Gasteiger partial charge in [0.1, 0.15) is 6.61 Å². The fourth-order valence-electron chi connectivity index (χ4n) is 2.00. The molecule has 0 aromatic heterocycles. The van der Waals surface area contributed by atoms with Crippen molar-refractivity contribution in [1.82, 2.24) is 0 Å². The lowest BCUT2D eigenvalue weighted by Crippen LogP contribution is -2.14. The molecule has 0 saturated carbocycles. The van der Waals surface area contributed by atoms with Gasteiger partial charge < -0.3 is 24.1 Å². The lowest BCUT2D eigenvalue weighted by molar-refractivity contribution is 0.00294. The molecule has 0 aromatic carbocycles. The fraction of sp³-hybridized carbons (Fsp3) is 0.722. The molecule has 0 bridgehead atoms. The molecular formula is C18H31NO5. The third kappa shape index (κ3) is 9.82. The first kappa shape index (κ1) is 20.8. The highest BCUT2D eigenvalue weighted by atomic mass is 16.6. The van der Waals surface area contributed by atoms with Gasteiger partial charge in [0, 0.05) is 12.6 Å². The first-order valence-electron chi connectivity index (χ1n) is 8.45. The Bertz CT molecular complexity index is 424. The maximum atomic E-state index is 8.53. The molecule has 0 aromatic rings. The van der Waals surface area contributed by atoms with Gasteiger partial charge in [-0.25, -0.2) is 4.99 Å². The summed E-state index contributed by atoms with van der Waals surface area (Å²) in [6.45, 7) is 9.95. The highest BCUT2D eigenvalue weighted by Gasteiger charge is 2.15. The second-order valence-electron chi connectivity index (χ2n) is 6.36. The number of allylic oxidation sites excluding steroid dienone is 2. The summed E-state index contributed by atoms with van der Waals surface area (Å²) >= 11 is 0. The standard InChI is InChI=1S/C18H31NO5/c1-18(2,3)16-4-5-17(19-7-6-16)24-15-14-23-13-12-22-11-10-21-9-8-20/h4,6-7,20H,5,8-15H2,1-3H3. The van der Waals surface area contributed by atoms with Crippen LogP contribution in [0.4, 0.5) is 0 Å². The third-order valence-electron chi connectivity index (χ3n) is 3.31. The number of nitrogens with zero attached hydrogens (tertiary/aromatic N) is 1. The van der Waals surface area contributed by atoms with E-state index in [4.69, 9.17) is 24.1 Å². The second-order valence-corrected chi connectivity index (χ2v) is 6.36. The molecule has 0 saturated heterocycles. The van der Waals surface area contributed by atoms with Gasteiger partial charge in [0.15, 0.2) is 5.90 Å². The first-order chi connectivity index (χ1) is 11.5. The Morgan fingerprint density at radius 1 is 0.958 bits per heavy atom. The van der Waals surface area contributed by atoms with E-state index < -0.39 is 0 Å². The largest absolute Gasteiger partial charge is 0.478 e. The number of hydrogen-bond donors (Lipinski definition) is 1. The van der Waals surface area contributed by atoms with E-state index in [9.17, 15) is 0 Å². The normalized spacial score (nSPS) is 15.0. The molecule has 0 amide bonds. The predicted octanol–water partition coefficient (Wildman–Crippen LogP) is 2.33. The van der Waals surface area contributed by atoms with Gasteiger partial charge in [-0.3, -0.25) is 0 Å². The second kappa shape index (κ2) is 12.2. The molecule has 1 heterocycles. The summed E-state index contributed by atoms with van der Waals surface area (Å²) in [6.07, 6.45) is 6.70. The van der Waals surface area contributed by atoms with Crippen molar-refractivity contribution in [2.45, 2.75) is 27.2 Å². The minimum atomic E-state index is 0.0392. The Kier molecular flexibility index (Phi) is 10.6. The van der Waals surface area contributed by atoms with Gasteiger partial charge in [0.25, 0.3) is 0 Å². The number of aliphatic hydroxyl groups is 1. The van der Waals surface area contributed by atoms with Crippen LogP contribution >= 0.6 is 0 Å². The molecule has 0 fully saturated rings. The summed E-state index contributed by atoms with van der Waals surface area (Å²) in [5.74, 6) is 0.714. The van der Waals surface area contributed by atoms with Crippen molar-refractivity contribution in [3.63, 3.8) is 0 Å². The summed E-state index contributed by atoms with van der Waals surface area (Å²) in [7, 11) is 0. The van der Waals surface area contributed by atoms with Crippen molar-refractivity contribution in [3.05, 3.63) is 23.9 Å². The van der Waals surface area contributed by atoms with Crippen molar-refractivity contribution < 1.29 is 24.1 Å². The van der Waals surface area contributed by atoms with Crippen LogP contribution < -0.4 is 0 Å². The van der Waals surface area contributed by atoms with Crippen LogP contribution in [0.25, 0.3) is 0 Å². The Hall–Kier alpha value is -1.21. The van der Waals surface area contributed by atoms with Crippen LogP contribution in [-0.4, -0.2) is 63.9 Å². The number of ether oxygens (including phenoxy) is 4. The zero-order chi connectivity index (χ0) is 17.7. The molecule has 0 unspecified atom stereocenters. The predicted molar refractivity (Wildman–Crippen MR) is 94.2 cm³/mol. The van der Waals surface area contributed by atoms with Crippen LogP contribution in [0.15, 0.2) is 28.9 Å². The van der Waals surface area contributed by atoms with Gasteiger partial charge in [-0.2, -0.15) is 0 Å². The first-order valence-corrected chi connectivity index (χ1v) is 8.45. The minimum absolute atomic E-state index is 0.0392. The van der Waals surface area contributed by atoms with E-state index in [1.165, 1.54) is 5.57 Å². The van der Waals surface area contributed by atoms with E-state index in [0.29, 0.717) is 58.6 Å². The van der Waals surface area contributed by atoms with Crippen LogP contribution in [0.5, 0.6) is 0 Å². The van der Waals surface area contributed by atoms with E-state index in [2.05, 4.69) is 31.8 Å². The molecule has 1 aliphatic rings. The monoisotopic (exact) mass is 341 g/mol. The quantitative estimate of drug-likeness (QED) is 0.584. The van der Waals surface area contributed by atoms with Gasteiger partial charge in [0.2, 0.25) is 0 Å². The third-order valence-corrected chi connectivity index (χ3v) is 3.31. The van der Waals surface area contributed by atoms with Crippen LogP contribution in [0.2, 0.25) is 0 Å². The summed E-state index contributed by atoms with van der Waals surface area (Å²) in [5, 5.41) is 8.53. The summed E-state index contributed by atoms with van der Waals surface area (Å²) < 4.78 is 21.5. The van der Waals surface area contributed by atoms with Gasteiger partial charge in [-0.1, -0.05) is 26.8 Å². The van der Waals surface area contributed by atoms with E-state index in [0.717, 1.165) is 0 Å². The van der Waals surface area contributed by atoms with Crippen molar-refractivity contribution in [1.29, 1.82) is 0 Å². The van der Waals surface area contributed by atoms with Crippen LogP contribution in [0.1, 0.15) is 27.2 Å². The van der Waals surface area contributed by atoms with Crippen molar-refractivity contribution in [2.75, 3.05) is 52.9 Å². The average molecular weight is 341 g/mol. The highest BCUT2D eigenvalue weighted by molar-refractivity contribution is 5.79.